The van der Waals surface area contributed by atoms with Crippen LogP contribution in [0, 0.1) is 5.92 Å². The number of nitrogens with one attached hydrogen (secondary N) is 2. The van der Waals surface area contributed by atoms with Crippen LogP contribution in [0.4, 0.5) is 4.79 Å². The van der Waals surface area contributed by atoms with Crippen LogP contribution < -0.4 is 10.00 Å². The Morgan fingerprint density at radius 1 is 1.23 bits per heavy atom. The van der Waals surface area contributed by atoms with Crippen LogP contribution in [0.3, 0.4) is 0 Å². The maximum absolute atomic E-state index is 12.2. The second kappa shape index (κ2) is 8.51. The molecule has 1 aromatic heterocycles. The van der Waals surface area contributed by atoms with E-state index in [1.54, 1.807) is 28.9 Å². The molecule has 26 heavy (non-hydrogen) atoms. The van der Waals surface area contributed by atoms with Crippen molar-refractivity contribution in [2.45, 2.75) is 19.4 Å². The summed E-state index contributed by atoms with van der Waals surface area (Å²) in [6, 6.07) is 11.4. The first kappa shape index (κ1) is 18.0. The van der Waals surface area contributed by atoms with E-state index in [-0.39, 0.29) is 12.0 Å². The van der Waals surface area contributed by atoms with Gasteiger partial charge in [-0.25, -0.2) is 4.79 Å². The molecule has 0 bridgehead atoms. The molecule has 7 nitrogen and oxygen atoms in total. The molecule has 0 saturated carbocycles. The Hall–Kier alpha value is -2.83. The molecule has 1 aliphatic rings. The molecule has 0 atom stereocenters. The fraction of sp³-hybridized carbons (Fsp3) is 0.421. The Kier molecular flexibility index (Phi) is 5.88. The third kappa shape index (κ3) is 4.62. The smallest absolute Gasteiger partial charge is 0.410 e. The van der Waals surface area contributed by atoms with Crippen LogP contribution in [0.5, 0.6) is 0 Å². The Morgan fingerprint density at radius 2 is 1.96 bits per heavy atom. The highest BCUT2D eigenvalue weighted by molar-refractivity contribution is 5.90. The SMILES string of the molecule is C[n+]1[nH]ccc1C(=O)NCC1CCN(C(=O)OCc2ccccc2)CC1. The van der Waals surface area contributed by atoms with Crippen molar-refractivity contribution in [3.05, 3.63) is 53.9 Å². The van der Waals surface area contributed by atoms with Crippen molar-refractivity contribution in [1.82, 2.24) is 15.3 Å². The van der Waals surface area contributed by atoms with Gasteiger partial charge in [0, 0.05) is 25.7 Å². The van der Waals surface area contributed by atoms with Crippen molar-refractivity contribution < 1.29 is 19.0 Å². The Morgan fingerprint density at radius 3 is 2.62 bits per heavy atom. The Bertz CT molecular complexity index is 736. The number of hydrogen-bond donors (Lipinski definition) is 2. The van der Waals surface area contributed by atoms with Gasteiger partial charge in [-0.05, 0) is 24.3 Å². The number of nitrogens with zero attached hydrogens (tertiary/aromatic N) is 2. The molecule has 0 radical (unpaired) electrons. The minimum Gasteiger partial charge on any atom is -0.445 e. The number of ether oxygens (including phenoxy) is 1. The van der Waals surface area contributed by atoms with Crippen LogP contribution in [0.15, 0.2) is 42.6 Å². The number of hydrogen-bond acceptors (Lipinski definition) is 3. The third-order valence-electron chi connectivity index (χ3n) is 4.73. The zero-order valence-electron chi connectivity index (χ0n) is 15.0. The predicted octanol–water partition coefficient (Wildman–Crippen LogP) is 1.62. The van der Waals surface area contributed by atoms with Crippen molar-refractivity contribution in [2.24, 2.45) is 13.0 Å². The molecule has 1 aromatic carbocycles. The fourth-order valence-electron chi connectivity index (χ4n) is 3.10. The van der Waals surface area contributed by atoms with Gasteiger partial charge in [0.15, 0.2) is 7.05 Å². The quantitative estimate of drug-likeness (QED) is 0.798. The van der Waals surface area contributed by atoms with E-state index in [0.717, 1.165) is 18.4 Å². The molecule has 2 aromatic rings. The summed E-state index contributed by atoms with van der Waals surface area (Å²) in [5.41, 5.74) is 1.59. The van der Waals surface area contributed by atoms with Gasteiger partial charge in [0.25, 0.3) is 5.69 Å². The van der Waals surface area contributed by atoms with Gasteiger partial charge in [-0.3, -0.25) is 4.79 Å². The van der Waals surface area contributed by atoms with Gasteiger partial charge in [0.1, 0.15) is 6.61 Å². The van der Waals surface area contributed by atoms with Crippen molar-refractivity contribution in [3.63, 3.8) is 0 Å². The van der Waals surface area contributed by atoms with Gasteiger partial charge in [0.05, 0.1) is 6.20 Å². The summed E-state index contributed by atoms with van der Waals surface area (Å²) >= 11 is 0. The molecule has 1 saturated heterocycles. The molecule has 2 amide bonds. The number of aromatic nitrogens is 2. The first-order valence-electron chi connectivity index (χ1n) is 8.90. The van der Waals surface area contributed by atoms with E-state index in [1.807, 2.05) is 30.3 Å². The third-order valence-corrected chi connectivity index (χ3v) is 4.73. The van der Waals surface area contributed by atoms with Crippen molar-refractivity contribution in [3.8, 4) is 0 Å². The minimum atomic E-state index is -0.268. The molecule has 0 spiro atoms. The van der Waals surface area contributed by atoms with E-state index in [0.29, 0.717) is 37.9 Å². The van der Waals surface area contributed by atoms with E-state index >= 15 is 0 Å². The zero-order valence-corrected chi connectivity index (χ0v) is 15.0. The van der Waals surface area contributed by atoms with Gasteiger partial charge in [0.2, 0.25) is 0 Å². The maximum atomic E-state index is 12.2. The Balaban J connectivity index is 1.38. The topological polar surface area (TPSA) is 78.3 Å². The number of rotatable bonds is 5. The van der Waals surface area contributed by atoms with Crippen LogP contribution in [0.2, 0.25) is 0 Å². The summed E-state index contributed by atoms with van der Waals surface area (Å²) in [4.78, 5) is 26.0. The monoisotopic (exact) mass is 357 g/mol. The van der Waals surface area contributed by atoms with Crippen molar-refractivity contribution in [2.75, 3.05) is 19.6 Å². The summed E-state index contributed by atoms with van der Waals surface area (Å²) in [5, 5.41) is 5.90. The van der Waals surface area contributed by atoms with Crippen molar-refractivity contribution >= 4 is 12.0 Å². The number of aryl methyl sites for hydroxylation is 1. The second-order valence-electron chi connectivity index (χ2n) is 6.59. The lowest BCUT2D eigenvalue weighted by atomic mass is 9.97. The molecule has 2 heterocycles. The van der Waals surface area contributed by atoms with Gasteiger partial charge in [-0.2, -0.15) is 5.10 Å². The summed E-state index contributed by atoms with van der Waals surface area (Å²) in [5.74, 6) is 0.292. The number of aromatic amines is 1. The number of H-pyrrole nitrogens is 1. The molecule has 1 fully saturated rings. The highest BCUT2D eigenvalue weighted by atomic mass is 16.6. The average Bonchev–Trinajstić information content (AvgIpc) is 3.11. The first-order valence-corrected chi connectivity index (χ1v) is 8.90. The summed E-state index contributed by atoms with van der Waals surface area (Å²) in [6.45, 7) is 2.23. The highest BCUT2D eigenvalue weighted by Crippen LogP contribution is 2.17. The van der Waals surface area contributed by atoms with E-state index in [4.69, 9.17) is 4.74 Å². The summed E-state index contributed by atoms with van der Waals surface area (Å²) in [7, 11) is 1.80. The summed E-state index contributed by atoms with van der Waals surface area (Å²) in [6.07, 6.45) is 3.18. The van der Waals surface area contributed by atoms with Crippen LogP contribution in [-0.4, -0.2) is 41.6 Å². The highest BCUT2D eigenvalue weighted by Gasteiger charge is 2.25. The molecular formula is C19H25N4O3+. The standard InChI is InChI=1S/C19H24N4O3/c1-22-17(7-10-21-22)18(24)20-13-15-8-11-23(12-9-15)19(25)26-14-16-5-3-2-4-6-16/h2-7,10,15H,8-9,11-14H2,1H3,(H,20,24)/p+1. The molecule has 7 heteroatoms. The lowest BCUT2D eigenvalue weighted by Gasteiger charge is -2.31. The number of piperidine rings is 1. The summed E-state index contributed by atoms with van der Waals surface area (Å²) < 4.78 is 7.06. The van der Waals surface area contributed by atoms with E-state index in [1.165, 1.54) is 0 Å². The number of carbonyl (C=O) groups excluding carboxylic acids is 2. The molecule has 0 aliphatic carbocycles. The van der Waals surface area contributed by atoms with Crippen LogP contribution >= 0.6 is 0 Å². The molecule has 138 valence electrons. The lowest BCUT2D eigenvalue weighted by Crippen LogP contribution is -2.44. The van der Waals surface area contributed by atoms with Crippen LogP contribution in [-0.2, 0) is 18.4 Å². The van der Waals surface area contributed by atoms with Crippen molar-refractivity contribution in [1.29, 1.82) is 0 Å². The van der Waals surface area contributed by atoms with Gasteiger partial charge >= 0.3 is 12.0 Å². The molecule has 0 unspecified atom stereocenters. The average molecular weight is 357 g/mol. The number of carbonyl (C=O) groups is 2. The molecule has 3 rings (SSSR count). The molecular weight excluding hydrogens is 332 g/mol. The normalized spacial score (nSPS) is 14.9. The van der Waals surface area contributed by atoms with Gasteiger partial charge in [-0.15, -0.1) is 4.68 Å². The molecule has 1 aliphatic heterocycles. The number of likely N-dealkylation sites (tertiary alicyclic amines) is 1. The predicted molar refractivity (Wildman–Crippen MR) is 95.2 cm³/mol. The van der Waals surface area contributed by atoms with E-state index in [9.17, 15) is 9.59 Å². The first-order chi connectivity index (χ1) is 12.6. The van der Waals surface area contributed by atoms with E-state index in [2.05, 4.69) is 10.4 Å². The molecule has 2 N–H and O–H groups in total. The lowest BCUT2D eigenvalue weighted by molar-refractivity contribution is -0.728. The second-order valence-corrected chi connectivity index (χ2v) is 6.59. The maximum Gasteiger partial charge on any atom is 0.410 e. The Labute approximate surface area is 152 Å². The van der Waals surface area contributed by atoms with E-state index < -0.39 is 0 Å². The van der Waals surface area contributed by atoms with Crippen LogP contribution in [0.1, 0.15) is 28.9 Å². The fourth-order valence-corrected chi connectivity index (χ4v) is 3.10. The largest absolute Gasteiger partial charge is 0.445 e. The van der Waals surface area contributed by atoms with Gasteiger partial charge < -0.3 is 15.0 Å². The van der Waals surface area contributed by atoms with Gasteiger partial charge in [-0.1, -0.05) is 30.3 Å². The van der Waals surface area contributed by atoms with Crippen LogP contribution in [0.25, 0.3) is 0 Å². The number of amides is 2. The zero-order chi connectivity index (χ0) is 18.4. The number of benzene rings is 1. The minimum absolute atomic E-state index is 0.0848.